The highest BCUT2D eigenvalue weighted by Gasteiger charge is 2.24. The van der Waals surface area contributed by atoms with Crippen LogP contribution in [0.5, 0.6) is 5.75 Å². The Morgan fingerprint density at radius 3 is 2.23 bits per heavy atom. The third-order valence-corrected chi connectivity index (χ3v) is 5.37. The highest BCUT2D eigenvalue weighted by Crippen LogP contribution is 2.14. The molecule has 0 spiro atoms. The van der Waals surface area contributed by atoms with Crippen molar-refractivity contribution in [3.8, 4) is 5.75 Å². The number of amides is 3. The lowest BCUT2D eigenvalue weighted by Gasteiger charge is -2.32. The maximum atomic E-state index is 12.6. The smallest absolute Gasteiger partial charge is 0.313 e. The van der Waals surface area contributed by atoms with Crippen molar-refractivity contribution in [1.82, 2.24) is 10.2 Å². The molecule has 0 atom stereocenters. The average molecular weight is 426 g/mol. The second kappa shape index (κ2) is 10.6. The highest BCUT2D eigenvalue weighted by atomic mass is 16.5. The van der Waals surface area contributed by atoms with E-state index >= 15 is 0 Å². The predicted molar refractivity (Wildman–Crippen MR) is 117 cm³/mol. The Morgan fingerprint density at radius 1 is 0.968 bits per heavy atom. The van der Waals surface area contributed by atoms with Crippen LogP contribution in [0.2, 0.25) is 0 Å². The standard InChI is InChI=1S/C23H28N4O4/c1-17-3-5-18(6-4-17)23(30)27-15-13-26(14-16-27)12-11-24-21(28)22(29)25-19-7-9-20(31-2)10-8-19/h3-10H,11-16H2,1-2H3,(H,24,28)(H,25,29)/p+1. The fourth-order valence-corrected chi connectivity index (χ4v) is 3.45. The number of carbonyl (C=O) groups excluding carboxylic acids is 3. The highest BCUT2D eigenvalue weighted by molar-refractivity contribution is 6.39. The molecule has 164 valence electrons. The summed E-state index contributed by atoms with van der Waals surface area (Å²) in [7, 11) is 1.56. The first-order chi connectivity index (χ1) is 15.0. The van der Waals surface area contributed by atoms with Crippen LogP contribution in [0.1, 0.15) is 15.9 Å². The number of rotatable bonds is 6. The van der Waals surface area contributed by atoms with Crippen LogP contribution in [0.25, 0.3) is 0 Å². The third kappa shape index (κ3) is 6.29. The summed E-state index contributed by atoms with van der Waals surface area (Å²) in [5.74, 6) is -0.634. The Kier molecular flexibility index (Phi) is 7.61. The number of methoxy groups -OCH3 is 1. The predicted octanol–water partition coefficient (Wildman–Crippen LogP) is 0.0992. The molecule has 8 heteroatoms. The molecule has 2 aromatic rings. The molecule has 1 saturated heterocycles. The molecule has 1 aliphatic rings. The molecular formula is C23H29N4O4+. The molecule has 0 aromatic heterocycles. The molecule has 31 heavy (non-hydrogen) atoms. The molecule has 0 bridgehead atoms. The zero-order valence-corrected chi connectivity index (χ0v) is 17.9. The number of ether oxygens (including phenoxy) is 1. The van der Waals surface area contributed by atoms with E-state index in [1.54, 1.807) is 31.4 Å². The number of anilines is 1. The first-order valence-corrected chi connectivity index (χ1v) is 10.4. The van der Waals surface area contributed by atoms with Gasteiger partial charge in [-0.25, -0.2) is 0 Å². The lowest BCUT2D eigenvalue weighted by atomic mass is 10.1. The van der Waals surface area contributed by atoms with Crippen molar-refractivity contribution in [2.75, 3.05) is 51.7 Å². The van der Waals surface area contributed by atoms with Gasteiger partial charge in [-0.1, -0.05) is 17.7 Å². The van der Waals surface area contributed by atoms with Gasteiger partial charge >= 0.3 is 11.8 Å². The second-order valence-corrected chi connectivity index (χ2v) is 7.60. The van der Waals surface area contributed by atoms with Gasteiger partial charge in [0.25, 0.3) is 5.91 Å². The topological polar surface area (TPSA) is 92.2 Å². The molecule has 0 saturated carbocycles. The molecule has 0 radical (unpaired) electrons. The van der Waals surface area contributed by atoms with Gasteiger partial charge in [0.05, 0.1) is 46.4 Å². The van der Waals surface area contributed by atoms with Crippen molar-refractivity contribution in [2.45, 2.75) is 6.92 Å². The van der Waals surface area contributed by atoms with E-state index in [0.29, 0.717) is 43.2 Å². The second-order valence-electron chi connectivity index (χ2n) is 7.60. The molecular weight excluding hydrogens is 396 g/mol. The van der Waals surface area contributed by atoms with Gasteiger partial charge in [0.15, 0.2) is 0 Å². The maximum absolute atomic E-state index is 12.6. The fraction of sp³-hybridized carbons (Fsp3) is 0.348. The summed E-state index contributed by atoms with van der Waals surface area (Å²) in [6.07, 6.45) is 0. The summed E-state index contributed by atoms with van der Waals surface area (Å²) >= 11 is 0. The number of nitrogens with one attached hydrogen (secondary N) is 3. The Labute approximate surface area is 182 Å². The first-order valence-electron chi connectivity index (χ1n) is 10.4. The van der Waals surface area contributed by atoms with Gasteiger partial charge in [-0.2, -0.15) is 0 Å². The molecule has 2 aromatic carbocycles. The van der Waals surface area contributed by atoms with Gasteiger partial charge in [0.1, 0.15) is 5.75 Å². The number of aryl methyl sites for hydroxylation is 1. The molecule has 1 aliphatic heterocycles. The summed E-state index contributed by atoms with van der Waals surface area (Å²) in [4.78, 5) is 39.8. The first kappa shape index (κ1) is 22.3. The van der Waals surface area contributed by atoms with Gasteiger partial charge in [0, 0.05) is 11.3 Å². The lowest BCUT2D eigenvalue weighted by molar-refractivity contribution is -0.902. The Bertz CT molecular complexity index is 904. The summed E-state index contributed by atoms with van der Waals surface area (Å²) in [6.45, 7) is 6.07. The summed E-state index contributed by atoms with van der Waals surface area (Å²) < 4.78 is 5.06. The zero-order chi connectivity index (χ0) is 22.2. The molecule has 1 heterocycles. The largest absolute Gasteiger partial charge is 0.497 e. The van der Waals surface area contributed by atoms with E-state index in [4.69, 9.17) is 4.74 Å². The van der Waals surface area contributed by atoms with Crippen LogP contribution in [0, 0.1) is 6.92 Å². The van der Waals surface area contributed by atoms with Crippen molar-refractivity contribution in [1.29, 1.82) is 0 Å². The van der Waals surface area contributed by atoms with Crippen molar-refractivity contribution in [3.05, 3.63) is 59.7 Å². The van der Waals surface area contributed by atoms with Gasteiger partial charge in [0.2, 0.25) is 0 Å². The van der Waals surface area contributed by atoms with Crippen LogP contribution in [-0.2, 0) is 9.59 Å². The molecule has 3 N–H and O–H groups in total. The third-order valence-electron chi connectivity index (χ3n) is 5.37. The molecule has 3 amide bonds. The van der Waals surface area contributed by atoms with E-state index in [9.17, 15) is 14.4 Å². The molecule has 0 aliphatic carbocycles. The molecule has 8 nitrogen and oxygen atoms in total. The quantitative estimate of drug-likeness (QED) is 0.573. The van der Waals surface area contributed by atoms with Crippen LogP contribution in [-0.4, -0.2) is 69.0 Å². The normalized spacial score (nSPS) is 14.1. The molecule has 1 fully saturated rings. The van der Waals surface area contributed by atoms with Crippen LogP contribution in [0.3, 0.4) is 0 Å². The van der Waals surface area contributed by atoms with Gasteiger partial charge < -0.3 is 25.2 Å². The van der Waals surface area contributed by atoms with Crippen molar-refractivity contribution in [3.63, 3.8) is 0 Å². The number of hydrogen-bond donors (Lipinski definition) is 3. The van der Waals surface area contributed by atoms with Crippen LogP contribution < -0.4 is 20.3 Å². The van der Waals surface area contributed by atoms with Gasteiger partial charge in [-0.05, 0) is 43.3 Å². The monoisotopic (exact) mass is 425 g/mol. The van der Waals surface area contributed by atoms with Crippen LogP contribution in [0.4, 0.5) is 5.69 Å². The van der Waals surface area contributed by atoms with E-state index in [-0.39, 0.29) is 5.91 Å². The van der Waals surface area contributed by atoms with E-state index in [2.05, 4.69) is 10.6 Å². The summed E-state index contributed by atoms with van der Waals surface area (Å²) in [5, 5.41) is 5.22. The molecule has 0 unspecified atom stereocenters. The maximum Gasteiger partial charge on any atom is 0.313 e. The minimum atomic E-state index is -0.700. The minimum Gasteiger partial charge on any atom is -0.497 e. The minimum absolute atomic E-state index is 0.0579. The van der Waals surface area contributed by atoms with Gasteiger partial charge in [-0.3, -0.25) is 14.4 Å². The summed E-state index contributed by atoms with van der Waals surface area (Å²) in [6, 6.07) is 14.4. The van der Waals surface area contributed by atoms with Crippen molar-refractivity contribution < 1.29 is 24.0 Å². The average Bonchev–Trinajstić information content (AvgIpc) is 2.80. The Hall–Kier alpha value is -3.39. The SMILES string of the molecule is COc1ccc(NC(=O)C(=O)NCC[NH+]2CCN(C(=O)c3ccc(C)cc3)CC2)cc1. The number of benzene rings is 2. The van der Waals surface area contributed by atoms with E-state index in [1.165, 1.54) is 4.90 Å². The Morgan fingerprint density at radius 2 is 1.61 bits per heavy atom. The van der Waals surface area contributed by atoms with E-state index < -0.39 is 11.8 Å². The zero-order valence-electron chi connectivity index (χ0n) is 17.9. The number of carbonyl (C=O) groups is 3. The van der Waals surface area contributed by atoms with Crippen LogP contribution >= 0.6 is 0 Å². The summed E-state index contributed by atoms with van der Waals surface area (Å²) in [5.41, 5.74) is 2.37. The number of piperazine rings is 1. The number of nitrogens with zero attached hydrogens (tertiary/aromatic N) is 1. The fourth-order valence-electron chi connectivity index (χ4n) is 3.45. The molecule has 3 rings (SSSR count). The van der Waals surface area contributed by atoms with Crippen molar-refractivity contribution in [2.24, 2.45) is 0 Å². The van der Waals surface area contributed by atoms with E-state index in [1.807, 2.05) is 36.1 Å². The van der Waals surface area contributed by atoms with E-state index in [0.717, 1.165) is 18.7 Å². The van der Waals surface area contributed by atoms with Crippen molar-refractivity contribution >= 4 is 23.4 Å². The van der Waals surface area contributed by atoms with Crippen LogP contribution in [0.15, 0.2) is 48.5 Å². The lowest BCUT2D eigenvalue weighted by Crippen LogP contribution is -3.15. The number of hydrogen-bond acceptors (Lipinski definition) is 4. The van der Waals surface area contributed by atoms with Gasteiger partial charge in [-0.15, -0.1) is 0 Å². The Balaban J connectivity index is 1.36. The number of quaternary nitrogens is 1.